The molecule has 2 heterocycles. The lowest BCUT2D eigenvalue weighted by Crippen LogP contribution is -2.29. The summed E-state index contributed by atoms with van der Waals surface area (Å²) in [6.45, 7) is 4.53. The van der Waals surface area contributed by atoms with E-state index in [0.29, 0.717) is 0 Å². The van der Waals surface area contributed by atoms with Gasteiger partial charge in [-0.05, 0) is 129 Å². The maximum atomic E-state index is 2.60. The Labute approximate surface area is 296 Å². The van der Waals surface area contributed by atoms with Gasteiger partial charge in [0.25, 0.3) is 0 Å². The summed E-state index contributed by atoms with van der Waals surface area (Å²) < 4.78 is 0. The lowest BCUT2D eigenvalue weighted by Gasteiger charge is -2.30. The van der Waals surface area contributed by atoms with Crippen LogP contribution in [-0.2, 0) is 0 Å². The normalized spacial score (nSPS) is 15.1. The van der Waals surface area contributed by atoms with Crippen LogP contribution in [0.3, 0.4) is 0 Å². The van der Waals surface area contributed by atoms with Gasteiger partial charge in [-0.3, -0.25) is 0 Å². The zero-order valence-electron chi connectivity index (χ0n) is 28.8. The van der Waals surface area contributed by atoms with Crippen molar-refractivity contribution in [1.82, 2.24) is 0 Å². The highest BCUT2D eigenvalue weighted by atomic mass is 15.1. The van der Waals surface area contributed by atoms with Gasteiger partial charge in [-0.25, -0.2) is 0 Å². The van der Waals surface area contributed by atoms with E-state index in [2.05, 4.69) is 155 Å². The van der Waals surface area contributed by atoms with E-state index in [-0.39, 0.29) is 0 Å². The Morgan fingerprint density at radius 1 is 0.280 bits per heavy atom. The van der Waals surface area contributed by atoms with E-state index in [1.807, 2.05) is 0 Å². The van der Waals surface area contributed by atoms with E-state index in [9.17, 15) is 0 Å². The van der Waals surface area contributed by atoms with Crippen LogP contribution in [0.4, 0.5) is 11.4 Å². The summed E-state index contributed by atoms with van der Waals surface area (Å²) >= 11 is 0. The van der Waals surface area contributed by atoms with Crippen LogP contribution in [0.1, 0.15) is 38.5 Å². The Bertz CT molecular complexity index is 2080. The topological polar surface area (TPSA) is 6.48 Å². The number of anilines is 2. The molecule has 0 aliphatic carbocycles. The van der Waals surface area contributed by atoms with Gasteiger partial charge in [0.05, 0.1) is 0 Å². The molecule has 2 saturated heterocycles. The zero-order valence-corrected chi connectivity index (χ0v) is 28.8. The molecule has 2 heteroatoms. The summed E-state index contributed by atoms with van der Waals surface area (Å²) in [6.07, 6.45) is 7.72. The molecule has 0 amide bonds. The van der Waals surface area contributed by atoms with Crippen LogP contribution in [0.25, 0.3) is 66.1 Å². The van der Waals surface area contributed by atoms with Gasteiger partial charge in [0.15, 0.2) is 0 Å². The molecule has 0 atom stereocenters. The molecule has 2 fully saturated rings. The van der Waals surface area contributed by atoms with Crippen LogP contribution in [0.2, 0.25) is 0 Å². The minimum atomic E-state index is 1.13. The summed E-state index contributed by atoms with van der Waals surface area (Å²) in [5.74, 6) is 0. The highest BCUT2D eigenvalue weighted by Gasteiger charge is 2.21. The molecule has 0 unspecified atom stereocenters. The second kappa shape index (κ2) is 13.5. The largest absolute Gasteiger partial charge is 0.372 e. The summed E-state index contributed by atoms with van der Waals surface area (Å²) in [4.78, 5) is 5.20. The SMILES string of the molecule is c1ccc(-c2ccc(-c3c4ccc(N5CCCCC5)cc4c(-c4ccc(-c5ccccc5)cc4)c4ccc(N5CCCCC5)cc34)cc2)cc1. The monoisotopic (exact) mass is 648 g/mol. The minimum Gasteiger partial charge on any atom is -0.372 e. The second-order valence-corrected chi connectivity index (χ2v) is 14.2. The Hall–Kier alpha value is -5.34. The first-order valence-electron chi connectivity index (χ1n) is 18.7. The number of fused-ring (bicyclic) bond motifs is 2. The van der Waals surface area contributed by atoms with Gasteiger partial charge in [0.2, 0.25) is 0 Å². The summed E-state index contributed by atoms with van der Waals surface area (Å²) in [5, 5.41) is 5.31. The summed E-state index contributed by atoms with van der Waals surface area (Å²) in [7, 11) is 0. The first-order chi connectivity index (χ1) is 24.8. The molecule has 0 bridgehead atoms. The third-order valence-electron chi connectivity index (χ3n) is 11.1. The Kier molecular flexibility index (Phi) is 8.30. The average Bonchev–Trinajstić information content (AvgIpc) is 3.21. The summed E-state index contributed by atoms with van der Waals surface area (Å²) in [6, 6.07) is 54.7. The highest BCUT2D eigenvalue weighted by Crippen LogP contribution is 2.46. The average molecular weight is 649 g/mol. The highest BCUT2D eigenvalue weighted by molar-refractivity contribution is 6.22. The van der Waals surface area contributed by atoms with Crippen LogP contribution >= 0.6 is 0 Å². The minimum absolute atomic E-state index is 1.13. The zero-order chi connectivity index (χ0) is 33.3. The fourth-order valence-corrected chi connectivity index (χ4v) is 8.44. The predicted molar refractivity (Wildman–Crippen MR) is 215 cm³/mol. The molecule has 2 aliphatic heterocycles. The van der Waals surface area contributed by atoms with Crippen molar-refractivity contribution in [2.45, 2.75) is 38.5 Å². The van der Waals surface area contributed by atoms with Crippen LogP contribution in [0, 0.1) is 0 Å². The molecule has 0 spiro atoms. The first-order valence-corrected chi connectivity index (χ1v) is 18.7. The molecule has 0 saturated carbocycles. The third-order valence-corrected chi connectivity index (χ3v) is 11.1. The molecule has 0 aromatic heterocycles. The fourth-order valence-electron chi connectivity index (χ4n) is 8.44. The Balaban J connectivity index is 1.29. The molecule has 0 N–H and O–H groups in total. The first kappa shape index (κ1) is 30.7. The van der Waals surface area contributed by atoms with E-state index in [4.69, 9.17) is 0 Å². The van der Waals surface area contributed by atoms with E-state index >= 15 is 0 Å². The molecule has 0 radical (unpaired) electrons. The molecule has 9 rings (SSSR count). The smallest absolute Gasteiger partial charge is 0.0372 e. The van der Waals surface area contributed by atoms with Crippen molar-refractivity contribution in [1.29, 1.82) is 0 Å². The fraction of sp³-hybridized carbons (Fsp3) is 0.208. The van der Waals surface area contributed by atoms with Gasteiger partial charge in [0.1, 0.15) is 0 Å². The number of benzene rings is 7. The van der Waals surface area contributed by atoms with Crippen molar-refractivity contribution in [3.05, 3.63) is 146 Å². The van der Waals surface area contributed by atoms with Gasteiger partial charge in [-0.1, -0.05) is 121 Å². The predicted octanol–water partition coefficient (Wildman–Crippen LogP) is 12.6. The van der Waals surface area contributed by atoms with E-state index in [1.54, 1.807) is 0 Å². The number of piperidine rings is 2. The Morgan fingerprint density at radius 3 is 1.00 bits per heavy atom. The molecular weight excluding hydrogens is 605 g/mol. The quantitative estimate of drug-likeness (QED) is 0.166. The molecule has 7 aromatic rings. The van der Waals surface area contributed by atoms with Gasteiger partial charge in [-0.2, -0.15) is 0 Å². The number of nitrogens with zero attached hydrogens (tertiary/aromatic N) is 2. The van der Waals surface area contributed by atoms with Crippen molar-refractivity contribution in [3.63, 3.8) is 0 Å². The molecular formula is C48H44N2. The van der Waals surface area contributed by atoms with Crippen molar-refractivity contribution in [2.75, 3.05) is 36.0 Å². The summed E-state index contributed by atoms with van der Waals surface area (Å²) in [5.41, 5.74) is 12.9. The number of hydrogen-bond acceptors (Lipinski definition) is 2. The molecule has 50 heavy (non-hydrogen) atoms. The van der Waals surface area contributed by atoms with Crippen molar-refractivity contribution < 1.29 is 0 Å². The van der Waals surface area contributed by atoms with Crippen LogP contribution < -0.4 is 9.80 Å². The number of hydrogen-bond donors (Lipinski definition) is 0. The molecule has 2 aliphatic rings. The number of rotatable bonds is 6. The maximum Gasteiger partial charge on any atom is 0.0372 e. The van der Waals surface area contributed by atoms with Gasteiger partial charge < -0.3 is 9.80 Å². The van der Waals surface area contributed by atoms with E-state index in [1.165, 1.54) is 116 Å². The van der Waals surface area contributed by atoms with Crippen molar-refractivity contribution in [2.24, 2.45) is 0 Å². The lowest BCUT2D eigenvalue weighted by molar-refractivity contribution is 0.578. The van der Waals surface area contributed by atoms with Crippen molar-refractivity contribution >= 4 is 32.9 Å². The third kappa shape index (κ3) is 5.83. The lowest BCUT2D eigenvalue weighted by atomic mass is 9.84. The van der Waals surface area contributed by atoms with Gasteiger partial charge >= 0.3 is 0 Å². The standard InChI is InChI=1S/C48H44N2/c1-5-13-35(14-6-1)37-17-21-39(22-18-37)47-43-27-25-42(50-31-11-4-12-32-50)34-46(43)48(40-23-19-38(20-24-40)36-15-7-2-8-16-36)44-28-26-41(33-45(44)47)49-29-9-3-10-30-49/h1-2,5-8,13-28,33-34H,3-4,9-12,29-32H2. The van der Waals surface area contributed by atoms with Crippen LogP contribution in [0.15, 0.2) is 146 Å². The van der Waals surface area contributed by atoms with Crippen molar-refractivity contribution in [3.8, 4) is 44.5 Å². The van der Waals surface area contributed by atoms with Gasteiger partial charge in [-0.15, -0.1) is 0 Å². The van der Waals surface area contributed by atoms with E-state index < -0.39 is 0 Å². The maximum absolute atomic E-state index is 2.60. The molecule has 2 nitrogen and oxygen atoms in total. The van der Waals surface area contributed by atoms with Crippen LogP contribution in [0.5, 0.6) is 0 Å². The molecule has 246 valence electrons. The molecule has 7 aromatic carbocycles. The van der Waals surface area contributed by atoms with Gasteiger partial charge in [0, 0.05) is 37.6 Å². The van der Waals surface area contributed by atoms with Crippen LogP contribution in [-0.4, -0.2) is 26.2 Å². The van der Waals surface area contributed by atoms with E-state index in [0.717, 1.165) is 26.2 Å². The second-order valence-electron chi connectivity index (χ2n) is 14.2. The Morgan fingerprint density at radius 2 is 0.620 bits per heavy atom.